The number of hydrogen-bond acceptors (Lipinski definition) is 3. The number of rotatable bonds is 5. The Morgan fingerprint density at radius 3 is 2.62 bits per heavy atom. The molecule has 0 radical (unpaired) electrons. The number of anilines is 1. The Bertz CT molecular complexity index is 511. The second-order valence-electron chi connectivity index (χ2n) is 5.54. The summed E-state index contributed by atoms with van der Waals surface area (Å²) in [6.07, 6.45) is 0.309. The number of hydrogen-bond donors (Lipinski definition) is 1. The van der Waals surface area contributed by atoms with Crippen LogP contribution in [0.3, 0.4) is 0 Å². The summed E-state index contributed by atoms with van der Waals surface area (Å²) >= 11 is 0. The molecule has 2 amide bonds. The summed E-state index contributed by atoms with van der Waals surface area (Å²) in [6.45, 7) is 6.57. The summed E-state index contributed by atoms with van der Waals surface area (Å²) in [6, 6.07) is 7.87. The normalized spacial score (nSPS) is 18.0. The first-order valence-corrected chi connectivity index (χ1v) is 7.36. The van der Waals surface area contributed by atoms with Gasteiger partial charge in [-0.25, -0.2) is 4.79 Å². The van der Waals surface area contributed by atoms with Gasteiger partial charge in [-0.05, 0) is 24.1 Å². The number of amides is 2. The molecule has 1 saturated heterocycles. The third-order valence-corrected chi connectivity index (χ3v) is 3.56. The Labute approximate surface area is 125 Å². The molecule has 1 unspecified atom stereocenters. The third kappa shape index (κ3) is 3.74. The number of benzene rings is 1. The van der Waals surface area contributed by atoms with Crippen molar-refractivity contribution in [3.8, 4) is 0 Å². The average Bonchev–Trinajstić information content (AvgIpc) is 2.85. The molecular weight excluding hydrogens is 268 g/mol. The Kier molecular flexibility index (Phi) is 4.83. The topological polar surface area (TPSA) is 58.6 Å². The predicted octanol–water partition coefficient (Wildman–Crippen LogP) is 2.35. The average molecular weight is 290 g/mol. The van der Waals surface area contributed by atoms with Crippen LogP contribution in [0.2, 0.25) is 0 Å². The molecule has 1 fully saturated rings. The highest BCUT2D eigenvalue weighted by Crippen LogP contribution is 2.22. The lowest BCUT2D eigenvalue weighted by Gasteiger charge is -2.14. The van der Waals surface area contributed by atoms with Crippen LogP contribution in [0.25, 0.3) is 0 Å². The van der Waals surface area contributed by atoms with E-state index in [1.807, 2.05) is 38.1 Å². The minimum atomic E-state index is -0.358. The minimum absolute atomic E-state index is 0.0307. The van der Waals surface area contributed by atoms with Gasteiger partial charge in [-0.15, -0.1) is 0 Å². The number of carbonyl (C=O) groups is 2. The van der Waals surface area contributed by atoms with E-state index >= 15 is 0 Å². The highest BCUT2D eigenvalue weighted by atomic mass is 16.6. The van der Waals surface area contributed by atoms with Gasteiger partial charge in [-0.3, -0.25) is 9.69 Å². The van der Waals surface area contributed by atoms with Crippen molar-refractivity contribution in [2.24, 2.45) is 5.92 Å². The lowest BCUT2D eigenvalue weighted by molar-refractivity contribution is -0.124. The van der Waals surface area contributed by atoms with Gasteiger partial charge in [-0.2, -0.15) is 0 Å². The van der Waals surface area contributed by atoms with Crippen molar-refractivity contribution in [1.29, 1.82) is 0 Å². The molecule has 1 aromatic carbocycles. The van der Waals surface area contributed by atoms with E-state index in [1.54, 1.807) is 4.90 Å². The molecule has 1 aliphatic rings. The van der Waals surface area contributed by atoms with E-state index in [4.69, 9.17) is 4.74 Å². The number of carbonyl (C=O) groups excluding carboxylic acids is 2. The van der Waals surface area contributed by atoms with Gasteiger partial charge in [0.2, 0.25) is 5.91 Å². The molecule has 0 bridgehead atoms. The van der Waals surface area contributed by atoms with Gasteiger partial charge in [0.25, 0.3) is 0 Å². The van der Waals surface area contributed by atoms with Crippen molar-refractivity contribution in [3.05, 3.63) is 29.8 Å². The molecule has 0 saturated carbocycles. The van der Waals surface area contributed by atoms with E-state index in [0.29, 0.717) is 13.1 Å². The second-order valence-corrected chi connectivity index (χ2v) is 5.54. The van der Waals surface area contributed by atoms with Crippen molar-refractivity contribution >= 4 is 17.7 Å². The summed E-state index contributed by atoms with van der Waals surface area (Å²) in [7, 11) is 0. The van der Waals surface area contributed by atoms with Crippen molar-refractivity contribution in [2.45, 2.75) is 33.3 Å². The quantitative estimate of drug-likeness (QED) is 0.905. The van der Waals surface area contributed by atoms with E-state index in [1.165, 1.54) is 5.56 Å². The van der Waals surface area contributed by atoms with Gasteiger partial charge < -0.3 is 10.1 Å². The fourth-order valence-corrected chi connectivity index (χ4v) is 2.17. The Balaban J connectivity index is 1.94. The summed E-state index contributed by atoms with van der Waals surface area (Å²) in [5.41, 5.74) is 2.06. The van der Waals surface area contributed by atoms with Crippen LogP contribution in [-0.4, -0.2) is 31.2 Å². The molecule has 5 nitrogen and oxygen atoms in total. The van der Waals surface area contributed by atoms with Crippen LogP contribution in [0.4, 0.5) is 10.5 Å². The molecule has 1 aliphatic heterocycles. The van der Waals surface area contributed by atoms with Gasteiger partial charge in [0, 0.05) is 11.6 Å². The maximum Gasteiger partial charge on any atom is 0.414 e. The van der Waals surface area contributed by atoms with Crippen LogP contribution < -0.4 is 10.2 Å². The molecule has 1 aromatic rings. The van der Waals surface area contributed by atoms with Gasteiger partial charge in [0.15, 0.2) is 0 Å². The van der Waals surface area contributed by atoms with Crippen molar-refractivity contribution in [1.82, 2.24) is 5.32 Å². The third-order valence-electron chi connectivity index (χ3n) is 3.56. The van der Waals surface area contributed by atoms with Crippen LogP contribution >= 0.6 is 0 Å². The van der Waals surface area contributed by atoms with Gasteiger partial charge in [-0.1, -0.05) is 32.9 Å². The van der Waals surface area contributed by atoms with Crippen LogP contribution in [0.5, 0.6) is 0 Å². The maximum atomic E-state index is 11.9. The lowest BCUT2D eigenvalue weighted by atomic mass is 10.1. The molecule has 114 valence electrons. The number of ether oxygens (including phenoxy) is 1. The first-order chi connectivity index (χ1) is 10.0. The zero-order chi connectivity index (χ0) is 15.4. The van der Waals surface area contributed by atoms with Crippen molar-refractivity contribution in [3.63, 3.8) is 0 Å². The van der Waals surface area contributed by atoms with E-state index in [-0.39, 0.29) is 24.0 Å². The van der Waals surface area contributed by atoms with Crippen molar-refractivity contribution in [2.75, 3.05) is 18.0 Å². The van der Waals surface area contributed by atoms with Crippen LogP contribution in [0, 0.1) is 5.92 Å². The van der Waals surface area contributed by atoms with Crippen LogP contribution in [0.1, 0.15) is 26.3 Å². The molecular formula is C16H22N2O3. The molecule has 2 rings (SSSR count). The lowest BCUT2D eigenvalue weighted by Crippen LogP contribution is -2.36. The smallest absolute Gasteiger partial charge is 0.414 e. The predicted molar refractivity (Wildman–Crippen MR) is 81.3 cm³/mol. The van der Waals surface area contributed by atoms with Crippen molar-refractivity contribution < 1.29 is 14.3 Å². The van der Waals surface area contributed by atoms with Gasteiger partial charge in [0.05, 0.1) is 13.1 Å². The maximum absolute atomic E-state index is 11.9. The van der Waals surface area contributed by atoms with E-state index in [9.17, 15) is 9.59 Å². The summed E-state index contributed by atoms with van der Waals surface area (Å²) in [4.78, 5) is 25.0. The summed E-state index contributed by atoms with van der Waals surface area (Å²) in [5.74, 6) is -0.100. The van der Waals surface area contributed by atoms with Gasteiger partial charge in [0.1, 0.15) is 6.10 Å². The molecule has 1 N–H and O–H groups in total. The fraction of sp³-hybridized carbons (Fsp3) is 0.500. The molecule has 1 heterocycles. The Morgan fingerprint density at radius 2 is 2.05 bits per heavy atom. The first kappa shape index (κ1) is 15.4. The zero-order valence-corrected chi connectivity index (χ0v) is 12.8. The SMILES string of the molecule is CCc1ccc(N2CC(CNC(=O)C(C)C)OC2=O)cc1. The van der Waals surface area contributed by atoms with E-state index < -0.39 is 0 Å². The standard InChI is InChI=1S/C16H22N2O3/c1-4-12-5-7-13(8-6-12)18-10-14(21-16(18)20)9-17-15(19)11(2)3/h5-8,11,14H,4,9-10H2,1-3H3,(H,17,19). The molecule has 21 heavy (non-hydrogen) atoms. The molecule has 1 atom stereocenters. The fourth-order valence-electron chi connectivity index (χ4n) is 2.17. The van der Waals surface area contributed by atoms with Crippen LogP contribution in [-0.2, 0) is 16.0 Å². The molecule has 0 spiro atoms. The summed E-state index contributed by atoms with van der Waals surface area (Å²) < 4.78 is 5.29. The van der Waals surface area contributed by atoms with Gasteiger partial charge >= 0.3 is 6.09 Å². The molecule has 5 heteroatoms. The van der Waals surface area contributed by atoms with E-state index in [0.717, 1.165) is 12.1 Å². The number of nitrogens with zero attached hydrogens (tertiary/aromatic N) is 1. The second kappa shape index (κ2) is 6.61. The number of cyclic esters (lactones) is 1. The highest BCUT2D eigenvalue weighted by molar-refractivity contribution is 5.89. The zero-order valence-electron chi connectivity index (χ0n) is 12.8. The number of nitrogens with one attached hydrogen (secondary N) is 1. The largest absolute Gasteiger partial charge is 0.442 e. The Hall–Kier alpha value is -2.04. The Morgan fingerprint density at radius 1 is 1.38 bits per heavy atom. The number of aryl methyl sites for hydroxylation is 1. The van der Waals surface area contributed by atoms with Crippen LogP contribution in [0.15, 0.2) is 24.3 Å². The first-order valence-electron chi connectivity index (χ1n) is 7.36. The summed E-state index contributed by atoms with van der Waals surface area (Å²) in [5, 5.41) is 2.79. The minimum Gasteiger partial charge on any atom is -0.442 e. The molecule has 0 aliphatic carbocycles. The molecule has 0 aromatic heterocycles. The monoisotopic (exact) mass is 290 g/mol. The van der Waals surface area contributed by atoms with E-state index in [2.05, 4.69) is 12.2 Å². The highest BCUT2D eigenvalue weighted by Gasteiger charge is 2.32.